The molecule has 0 bridgehead atoms. The first-order valence-corrected chi connectivity index (χ1v) is 14.6. The molecule has 1 heteroatoms. The second kappa shape index (κ2) is 15.0. The molecule has 0 spiro atoms. The first kappa shape index (κ1) is 26.5. The van der Waals surface area contributed by atoms with Gasteiger partial charge in [0.25, 0.3) is 0 Å². The predicted octanol–water partition coefficient (Wildman–Crippen LogP) is 10.4. The molecule has 186 valence electrons. The zero-order chi connectivity index (χ0) is 23.3. The van der Waals surface area contributed by atoms with Gasteiger partial charge in [-0.3, -0.25) is 0 Å². The van der Waals surface area contributed by atoms with Crippen molar-refractivity contribution in [3.8, 4) is 0 Å². The summed E-state index contributed by atoms with van der Waals surface area (Å²) in [5.41, 5.74) is 3.69. The van der Waals surface area contributed by atoms with Gasteiger partial charge in [0, 0.05) is 0 Å². The van der Waals surface area contributed by atoms with Crippen LogP contribution in [0.25, 0.3) is 0 Å². The lowest BCUT2D eigenvalue weighted by molar-refractivity contribution is 0.235. The van der Waals surface area contributed by atoms with Gasteiger partial charge in [0.05, 0.1) is 0 Å². The highest BCUT2D eigenvalue weighted by Gasteiger charge is 2.22. The summed E-state index contributed by atoms with van der Waals surface area (Å²) in [5.74, 6) is 2.98. The Morgan fingerprint density at radius 3 is 2.12 bits per heavy atom. The SMILES string of the molecule is CCCCCCc1ccc(CCC2=CCC(CCC3CCC(CCCC)CC3)CC2)cc1F. The largest absolute Gasteiger partial charge is 0.207 e. The maximum absolute atomic E-state index is 14.5. The summed E-state index contributed by atoms with van der Waals surface area (Å²) in [6.45, 7) is 4.54. The van der Waals surface area contributed by atoms with Crippen molar-refractivity contribution in [1.29, 1.82) is 0 Å². The fourth-order valence-corrected chi connectivity index (χ4v) is 6.20. The van der Waals surface area contributed by atoms with E-state index in [1.807, 2.05) is 6.07 Å². The van der Waals surface area contributed by atoms with Gasteiger partial charge >= 0.3 is 0 Å². The number of hydrogen-bond donors (Lipinski definition) is 0. The van der Waals surface area contributed by atoms with Crippen molar-refractivity contribution >= 4 is 0 Å². The minimum Gasteiger partial charge on any atom is -0.207 e. The number of unbranched alkanes of at least 4 members (excludes halogenated alkanes) is 4. The molecule has 0 saturated heterocycles. The lowest BCUT2D eigenvalue weighted by atomic mass is 9.76. The average molecular weight is 455 g/mol. The Morgan fingerprint density at radius 2 is 1.45 bits per heavy atom. The molecule has 0 radical (unpaired) electrons. The van der Waals surface area contributed by atoms with Crippen molar-refractivity contribution in [3.05, 3.63) is 46.8 Å². The Bertz CT molecular complexity index is 694. The van der Waals surface area contributed by atoms with Crippen molar-refractivity contribution < 1.29 is 4.39 Å². The van der Waals surface area contributed by atoms with Gasteiger partial charge in [-0.05, 0) is 86.3 Å². The molecule has 33 heavy (non-hydrogen) atoms. The van der Waals surface area contributed by atoms with Crippen LogP contribution in [0, 0.1) is 23.6 Å². The van der Waals surface area contributed by atoms with Crippen molar-refractivity contribution in [3.63, 3.8) is 0 Å². The third-order valence-corrected chi connectivity index (χ3v) is 8.68. The smallest absolute Gasteiger partial charge is 0.126 e. The highest BCUT2D eigenvalue weighted by atomic mass is 19.1. The van der Waals surface area contributed by atoms with E-state index in [1.165, 1.54) is 102 Å². The Morgan fingerprint density at radius 1 is 0.727 bits per heavy atom. The molecule has 0 heterocycles. The zero-order valence-corrected chi connectivity index (χ0v) is 21.9. The van der Waals surface area contributed by atoms with Crippen molar-refractivity contribution in [1.82, 2.24) is 0 Å². The Hall–Kier alpha value is -1.11. The van der Waals surface area contributed by atoms with Crippen LogP contribution in [0.4, 0.5) is 4.39 Å². The van der Waals surface area contributed by atoms with Crippen LogP contribution in [-0.4, -0.2) is 0 Å². The normalized spacial score (nSPS) is 23.5. The van der Waals surface area contributed by atoms with Gasteiger partial charge < -0.3 is 0 Å². The molecule has 1 aromatic rings. The molecule has 1 saturated carbocycles. The van der Waals surface area contributed by atoms with E-state index >= 15 is 0 Å². The van der Waals surface area contributed by atoms with Crippen LogP contribution >= 0.6 is 0 Å². The summed E-state index contributed by atoms with van der Waals surface area (Å²) in [6, 6.07) is 6.01. The van der Waals surface area contributed by atoms with Gasteiger partial charge in [-0.15, -0.1) is 0 Å². The fraction of sp³-hybridized carbons (Fsp3) is 0.750. The molecular weight excluding hydrogens is 403 g/mol. The summed E-state index contributed by atoms with van der Waals surface area (Å²) in [4.78, 5) is 0. The minimum atomic E-state index is 0.0149. The lowest BCUT2D eigenvalue weighted by Crippen LogP contribution is -2.16. The summed E-state index contributed by atoms with van der Waals surface area (Å²) in [7, 11) is 0. The van der Waals surface area contributed by atoms with E-state index in [0.717, 1.165) is 49.0 Å². The third-order valence-electron chi connectivity index (χ3n) is 8.68. The molecule has 3 rings (SSSR count). The maximum Gasteiger partial charge on any atom is 0.126 e. The zero-order valence-electron chi connectivity index (χ0n) is 21.9. The first-order valence-electron chi connectivity index (χ1n) is 14.6. The van der Waals surface area contributed by atoms with Crippen LogP contribution < -0.4 is 0 Å². The second-order valence-corrected chi connectivity index (χ2v) is 11.3. The lowest BCUT2D eigenvalue weighted by Gasteiger charge is -2.30. The molecule has 0 amide bonds. The molecule has 0 aliphatic heterocycles. The van der Waals surface area contributed by atoms with Gasteiger partial charge in [-0.1, -0.05) is 108 Å². The maximum atomic E-state index is 14.5. The van der Waals surface area contributed by atoms with Crippen molar-refractivity contribution in [2.75, 3.05) is 0 Å². The molecule has 2 aliphatic rings. The first-order chi connectivity index (χ1) is 16.2. The second-order valence-electron chi connectivity index (χ2n) is 11.3. The van der Waals surface area contributed by atoms with Gasteiger partial charge in [0.2, 0.25) is 0 Å². The van der Waals surface area contributed by atoms with Gasteiger partial charge in [0.15, 0.2) is 0 Å². The standard InChI is InChI=1S/C32H51F/c1-3-5-7-8-10-31-24-23-30(25-32(31)33)22-21-29-19-17-28(18-20-29)16-15-27-13-11-26(12-14-27)9-6-4-2/h19,23-28H,3-18,20-22H2,1-2H3. The van der Waals surface area contributed by atoms with E-state index in [1.54, 1.807) is 11.6 Å². The highest BCUT2D eigenvalue weighted by molar-refractivity contribution is 5.25. The summed E-state index contributed by atoms with van der Waals surface area (Å²) in [5, 5.41) is 0. The summed E-state index contributed by atoms with van der Waals surface area (Å²) in [6.07, 6.45) is 27.5. The van der Waals surface area contributed by atoms with E-state index in [2.05, 4.69) is 26.0 Å². The quantitative estimate of drug-likeness (QED) is 0.194. The number of allylic oxidation sites excluding steroid dienone is 2. The molecule has 0 nitrogen and oxygen atoms in total. The fourth-order valence-electron chi connectivity index (χ4n) is 6.20. The van der Waals surface area contributed by atoms with E-state index < -0.39 is 0 Å². The molecule has 1 unspecified atom stereocenters. The minimum absolute atomic E-state index is 0.0149. The number of benzene rings is 1. The van der Waals surface area contributed by atoms with Crippen molar-refractivity contribution in [2.45, 2.75) is 136 Å². The number of aryl methyl sites for hydroxylation is 2. The summed E-state index contributed by atoms with van der Waals surface area (Å²) < 4.78 is 14.5. The summed E-state index contributed by atoms with van der Waals surface area (Å²) >= 11 is 0. The predicted molar refractivity (Wildman–Crippen MR) is 142 cm³/mol. The van der Waals surface area contributed by atoms with Gasteiger partial charge in [-0.25, -0.2) is 4.39 Å². The van der Waals surface area contributed by atoms with Gasteiger partial charge in [0.1, 0.15) is 5.82 Å². The van der Waals surface area contributed by atoms with Crippen LogP contribution in [0.3, 0.4) is 0 Å². The Labute approximate surface area is 204 Å². The van der Waals surface area contributed by atoms with Crippen molar-refractivity contribution in [2.24, 2.45) is 17.8 Å². The molecule has 0 aromatic heterocycles. The Balaban J connectivity index is 1.31. The van der Waals surface area contributed by atoms with E-state index in [4.69, 9.17) is 0 Å². The molecule has 1 aromatic carbocycles. The molecule has 0 N–H and O–H groups in total. The molecule has 1 fully saturated rings. The van der Waals surface area contributed by atoms with Crippen LogP contribution in [-0.2, 0) is 12.8 Å². The highest BCUT2D eigenvalue weighted by Crippen LogP contribution is 2.37. The number of rotatable bonds is 14. The van der Waals surface area contributed by atoms with Crippen LogP contribution in [0.5, 0.6) is 0 Å². The Kier molecular flexibility index (Phi) is 12.0. The van der Waals surface area contributed by atoms with Crippen LogP contribution in [0.2, 0.25) is 0 Å². The third kappa shape index (κ3) is 9.58. The van der Waals surface area contributed by atoms with Gasteiger partial charge in [-0.2, -0.15) is 0 Å². The number of hydrogen-bond acceptors (Lipinski definition) is 0. The molecular formula is C32H51F. The molecule has 2 aliphatic carbocycles. The van der Waals surface area contributed by atoms with E-state index in [0.29, 0.717) is 0 Å². The number of halogens is 1. The monoisotopic (exact) mass is 454 g/mol. The molecule has 1 atom stereocenters. The van der Waals surface area contributed by atoms with E-state index in [9.17, 15) is 4.39 Å². The van der Waals surface area contributed by atoms with Crippen LogP contribution in [0.1, 0.15) is 134 Å². The van der Waals surface area contributed by atoms with E-state index in [-0.39, 0.29) is 5.82 Å². The average Bonchev–Trinajstić information content (AvgIpc) is 2.85. The van der Waals surface area contributed by atoms with Crippen LogP contribution in [0.15, 0.2) is 29.8 Å². The topological polar surface area (TPSA) is 0 Å².